The molecule has 3 N–H and O–H groups in total. The van der Waals surface area contributed by atoms with E-state index in [4.69, 9.17) is 25.1 Å². The maximum atomic E-state index is 10.5. The summed E-state index contributed by atoms with van der Waals surface area (Å²) in [5.41, 5.74) is 6.70. The highest BCUT2D eigenvalue weighted by Gasteiger charge is 2.24. The average molecular weight is 253 g/mol. The minimum atomic E-state index is -0.870. The summed E-state index contributed by atoms with van der Waals surface area (Å²) in [5, 5.41) is 8.66. The van der Waals surface area contributed by atoms with Gasteiger partial charge in [0, 0.05) is 18.0 Å². The first kappa shape index (κ1) is 12.5. The molecule has 2 rings (SSSR count). The second kappa shape index (κ2) is 5.14. The van der Waals surface area contributed by atoms with Crippen molar-refractivity contribution in [1.29, 1.82) is 0 Å². The fourth-order valence-corrected chi connectivity index (χ4v) is 1.90. The lowest BCUT2D eigenvalue weighted by Crippen LogP contribution is -2.13. The van der Waals surface area contributed by atoms with E-state index < -0.39 is 12.0 Å². The standard InChI is InChI=1S/C12H15NO5/c1-16-11-7(8(13)3-5-10(14)15)2-4-9-12(11)18-6-17-9/h2,4,8H,3,5-6,13H2,1H3,(H,14,15). The van der Waals surface area contributed by atoms with E-state index in [-0.39, 0.29) is 13.2 Å². The maximum Gasteiger partial charge on any atom is 0.303 e. The van der Waals surface area contributed by atoms with E-state index in [9.17, 15) is 4.79 Å². The van der Waals surface area contributed by atoms with E-state index in [1.54, 1.807) is 12.1 Å². The third-order valence-electron chi connectivity index (χ3n) is 2.80. The maximum absolute atomic E-state index is 10.5. The van der Waals surface area contributed by atoms with Crippen LogP contribution in [0.1, 0.15) is 24.4 Å². The van der Waals surface area contributed by atoms with Gasteiger partial charge in [-0.25, -0.2) is 0 Å². The molecule has 0 radical (unpaired) electrons. The van der Waals surface area contributed by atoms with Gasteiger partial charge in [0.2, 0.25) is 12.5 Å². The number of benzene rings is 1. The molecule has 1 aromatic rings. The van der Waals surface area contributed by atoms with Crippen LogP contribution < -0.4 is 19.9 Å². The van der Waals surface area contributed by atoms with Crippen LogP contribution in [0.3, 0.4) is 0 Å². The van der Waals surface area contributed by atoms with Gasteiger partial charge in [0.15, 0.2) is 11.5 Å². The molecule has 98 valence electrons. The van der Waals surface area contributed by atoms with Crippen molar-refractivity contribution in [2.75, 3.05) is 13.9 Å². The highest BCUT2D eigenvalue weighted by Crippen LogP contribution is 2.45. The van der Waals surface area contributed by atoms with Gasteiger partial charge >= 0.3 is 5.97 Å². The summed E-state index contributed by atoms with van der Waals surface area (Å²) in [4.78, 5) is 10.5. The summed E-state index contributed by atoms with van der Waals surface area (Å²) in [6.45, 7) is 0.152. The van der Waals surface area contributed by atoms with Gasteiger partial charge in [-0.05, 0) is 18.6 Å². The van der Waals surface area contributed by atoms with Gasteiger partial charge in [0.05, 0.1) is 7.11 Å². The van der Waals surface area contributed by atoms with Crippen LogP contribution >= 0.6 is 0 Å². The molecule has 1 aliphatic heterocycles. The van der Waals surface area contributed by atoms with Gasteiger partial charge in [-0.1, -0.05) is 0 Å². The minimum Gasteiger partial charge on any atom is -0.492 e. The van der Waals surface area contributed by atoms with Crippen molar-refractivity contribution < 1.29 is 24.1 Å². The number of fused-ring (bicyclic) bond motifs is 1. The Hall–Kier alpha value is -1.95. The second-order valence-electron chi connectivity index (χ2n) is 3.96. The normalized spacial score (nSPS) is 14.3. The molecule has 0 spiro atoms. The molecule has 18 heavy (non-hydrogen) atoms. The molecule has 1 aromatic carbocycles. The van der Waals surface area contributed by atoms with Gasteiger partial charge in [0.25, 0.3) is 0 Å². The number of hydrogen-bond acceptors (Lipinski definition) is 5. The van der Waals surface area contributed by atoms with Gasteiger partial charge in [-0.15, -0.1) is 0 Å². The van der Waals surface area contributed by atoms with Gasteiger partial charge < -0.3 is 25.1 Å². The summed E-state index contributed by atoms with van der Waals surface area (Å²) in [6, 6.07) is 3.12. The largest absolute Gasteiger partial charge is 0.492 e. The van der Waals surface area contributed by atoms with E-state index in [0.29, 0.717) is 23.7 Å². The highest BCUT2D eigenvalue weighted by atomic mass is 16.7. The van der Waals surface area contributed by atoms with Crippen molar-refractivity contribution in [2.45, 2.75) is 18.9 Å². The predicted octanol–water partition coefficient (Wildman–Crippen LogP) is 1.29. The molecule has 1 aliphatic rings. The summed E-state index contributed by atoms with van der Waals surface area (Å²) in [6.07, 6.45) is 0.351. The molecule has 0 aromatic heterocycles. The molecule has 1 heterocycles. The number of aliphatic carboxylic acids is 1. The molecular weight excluding hydrogens is 238 g/mol. The van der Waals surface area contributed by atoms with Crippen molar-refractivity contribution in [3.8, 4) is 17.2 Å². The number of nitrogens with two attached hydrogens (primary N) is 1. The number of carboxylic acid groups (broad SMARTS) is 1. The molecule has 1 atom stereocenters. The molecule has 0 amide bonds. The lowest BCUT2D eigenvalue weighted by Gasteiger charge is -2.16. The highest BCUT2D eigenvalue weighted by molar-refractivity contribution is 5.67. The van der Waals surface area contributed by atoms with Crippen LogP contribution in [0.4, 0.5) is 0 Å². The Labute approximate surface area is 104 Å². The Morgan fingerprint density at radius 2 is 2.33 bits per heavy atom. The summed E-state index contributed by atoms with van der Waals surface area (Å²) in [7, 11) is 1.52. The Bertz CT molecular complexity index is 460. The van der Waals surface area contributed by atoms with E-state index in [2.05, 4.69) is 0 Å². The average Bonchev–Trinajstić information content (AvgIpc) is 2.82. The zero-order valence-corrected chi connectivity index (χ0v) is 10.0. The summed E-state index contributed by atoms with van der Waals surface area (Å²) in [5.74, 6) is 0.787. The smallest absolute Gasteiger partial charge is 0.303 e. The van der Waals surface area contributed by atoms with Crippen LogP contribution in [0.25, 0.3) is 0 Å². The van der Waals surface area contributed by atoms with Crippen molar-refractivity contribution in [3.63, 3.8) is 0 Å². The lowest BCUT2D eigenvalue weighted by atomic mass is 10.0. The van der Waals surface area contributed by atoms with Crippen molar-refractivity contribution in [1.82, 2.24) is 0 Å². The third kappa shape index (κ3) is 2.33. The topological polar surface area (TPSA) is 91.0 Å². The van der Waals surface area contributed by atoms with Crippen molar-refractivity contribution >= 4 is 5.97 Å². The van der Waals surface area contributed by atoms with Gasteiger partial charge in [0.1, 0.15) is 0 Å². The lowest BCUT2D eigenvalue weighted by molar-refractivity contribution is -0.137. The Morgan fingerprint density at radius 1 is 1.56 bits per heavy atom. The first-order valence-corrected chi connectivity index (χ1v) is 5.57. The van der Waals surface area contributed by atoms with Crippen molar-refractivity contribution in [2.24, 2.45) is 5.73 Å². The van der Waals surface area contributed by atoms with Crippen LogP contribution in [-0.4, -0.2) is 25.0 Å². The number of rotatable bonds is 5. The molecule has 0 saturated heterocycles. The molecule has 0 fully saturated rings. The van der Waals surface area contributed by atoms with Crippen LogP contribution in [0.2, 0.25) is 0 Å². The number of carbonyl (C=O) groups is 1. The molecule has 0 aliphatic carbocycles. The second-order valence-corrected chi connectivity index (χ2v) is 3.96. The number of carboxylic acids is 1. The first-order chi connectivity index (χ1) is 8.63. The molecular formula is C12H15NO5. The van der Waals surface area contributed by atoms with Crippen LogP contribution in [0.5, 0.6) is 17.2 Å². The Morgan fingerprint density at radius 3 is 3.00 bits per heavy atom. The zero-order valence-electron chi connectivity index (χ0n) is 10.0. The van der Waals surface area contributed by atoms with Gasteiger partial charge in [-0.2, -0.15) is 0 Å². The third-order valence-corrected chi connectivity index (χ3v) is 2.80. The SMILES string of the molecule is COc1c(C(N)CCC(=O)O)ccc2c1OCO2. The monoisotopic (exact) mass is 253 g/mol. The van der Waals surface area contributed by atoms with Crippen LogP contribution in [-0.2, 0) is 4.79 Å². The fraction of sp³-hybridized carbons (Fsp3) is 0.417. The van der Waals surface area contributed by atoms with E-state index >= 15 is 0 Å². The Balaban J connectivity index is 2.24. The molecule has 6 heteroatoms. The van der Waals surface area contributed by atoms with E-state index in [0.717, 1.165) is 5.56 Å². The first-order valence-electron chi connectivity index (χ1n) is 5.57. The molecule has 0 saturated carbocycles. The van der Waals surface area contributed by atoms with Gasteiger partial charge in [-0.3, -0.25) is 4.79 Å². The predicted molar refractivity (Wildman–Crippen MR) is 62.9 cm³/mol. The quantitative estimate of drug-likeness (QED) is 0.821. The minimum absolute atomic E-state index is 0.0127. The summed E-state index contributed by atoms with van der Waals surface area (Å²) < 4.78 is 15.8. The summed E-state index contributed by atoms with van der Waals surface area (Å²) >= 11 is 0. The fourth-order valence-electron chi connectivity index (χ4n) is 1.90. The van der Waals surface area contributed by atoms with E-state index in [1.807, 2.05) is 0 Å². The van der Waals surface area contributed by atoms with Crippen molar-refractivity contribution in [3.05, 3.63) is 17.7 Å². The number of ether oxygens (including phenoxy) is 3. The van der Waals surface area contributed by atoms with Crippen LogP contribution in [0, 0.1) is 0 Å². The van der Waals surface area contributed by atoms with Crippen LogP contribution in [0.15, 0.2) is 12.1 Å². The molecule has 0 bridgehead atoms. The Kier molecular flexibility index (Phi) is 3.57. The van der Waals surface area contributed by atoms with E-state index in [1.165, 1.54) is 7.11 Å². The zero-order chi connectivity index (χ0) is 13.1. The number of methoxy groups -OCH3 is 1. The molecule has 6 nitrogen and oxygen atoms in total. The molecule has 1 unspecified atom stereocenters. The number of hydrogen-bond donors (Lipinski definition) is 2.